The zero-order valence-corrected chi connectivity index (χ0v) is 17.2. The first-order chi connectivity index (χ1) is 14.5. The third-order valence-corrected chi connectivity index (χ3v) is 4.89. The van der Waals surface area contributed by atoms with Crippen molar-refractivity contribution in [2.24, 2.45) is 0 Å². The first-order valence-corrected chi connectivity index (χ1v) is 10.2. The minimum absolute atomic E-state index is 0.0399. The molecular formula is C24H23ClN2O3. The van der Waals surface area contributed by atoms with Crippen molar-refractivity contribution in [2.75, 3.05) is 6.54 Å². The van der Waals surface area contributed by atoms with Crippen LogP contribution in [0.3, 0.4) is 0 Å². The van der Waals surface area contributed by atoms with Crippen LogP contribution in [0.4, 0.5) is 0 Å². The van der Waals surface area contributed by atoms with Gasteiger partial charge in [0.15, 0.2) is 0 Å². The zero-order valence-electron chi connectivity index (χ0n) is 16.5. The molecule has 1 aromatic heterocycles. The van der Waals surface area contributed by atoms with Gasteiger partial charge in [-0.05, 0) is 54.3 Å². The maximum absolute atomic E-state index is 12.4. The molecule has 0 bridgehead atoms. The molecule has 3 rings (SSSR count). The van der Waals surface area contributed by atoms with Crippen LogP contribution in [-0.2, 0) is 24.1 Å². The largest absolute Gasteiger partial charge is 0.508 e. The van der Waals surface area contributed by atoms with Crippen LogP contribution < -0.4 is 5.32 Å². The number of rotatable bonds is 9. The highest BCUT2D eigenvalue weighted by molar-refractivity contribution is 6.30. The number of carbonyl (C=O) groups excluding carboxylic acids is 2. The number of phenols is 1. The number of nitrogens with zero attached hydrogens (tertiary/aromatic N) is 1. The summed E-state index contributed by atoms with van der Waals surface area (Å²) in [6.45, 7) is 0.548. The zero-order chi connectivity index (χ0) is 21.3. The molecule has 6 heteroatoms. The lowest BCUT2D eigenvalue weighted by atomic mass is 10.0. The minimum atomic E-state index is -0.259. The smallest absolute Gasteiger partial charge is 0.269 e. The number of phenolic OH excluding ortho intramolecular Hbond substituents is 1. The summed E-state index contributed by atoms with van der Waals surface area (Å²) in [4.78, 5) is 28.9. The van der Waals surface area contributed by atoms with Crippen molar-refractivity contribution in [2.45, 2.75) is 25.7 Å². The van der Waals surface area contributed by atoms with Crippen LogP contribution >= 0.6 is 11.6 Å². The van der Waals surface area contributed by atoms with Gasteiger partial charge >= 0.3 is 0 Å². The van der Waals surface area contributed by atoms with Crippen LogP contribution in [-0.4, -0.2) is 28.3 Å². The highest BCUT2D eigenvalue weighted by Gasteiger charge is 2.12. The molecule has 2 aromatic carbocycles. The van der Waals surface area contributed by atoms with Crippen LogP contribution in [0.25, 0.3) is 0 Å². The predicted molar refractivity (Wildman–Crippen MR) is 117 cm³/mol. The van der Waals surface area contributed by atoms with Gasteiger partial charge in [-0.25, -0.2) is 0 Å². The fourth-order valence-corrected chi connectivity index (χ4v) is 3.33. The molecule has 0 aliphatic carbocycles. The van der Waals surface area contributed by atoms with Gasteiger partial charge in [-0.2, -0.15) is 0 Å². The Morgan fingerprint density at radius 2 is 1.77 bits per heavy atom. The van der Waals surface area contributed by atoms with Crippen molar-refractivity contribution >= 4 is 23.3 Å². The van der Waals surface area contributed by atoms with Crippen molar-refractivity contribution in [1.82, 2.24) is 10.3 Å². The molecule has 2 N–H and O–H groups in total. The van der Waals surface area contributed by atoms with Crippen LogP contribution in [0, 0.1) is 0 Å². The number of amides is 1. The molecule has 0 unspecified atom stereocenters. The van der Waals surface area contributed by atoms with Gasteiger partial charge in [-0.1, -0.05) is 41.9 Å². The number of aryl methyl sites for hydroxylation is 1. The molecule has 0 aliphatic heterocycles. The second-order valence-electron chi connectivity index (χ2n) is 7.06. The Bertz CT molecular complexity index is 1020. The maximum atomic E-state index is 12.4. The number of aromatic nitrogens is 1. The lowest BCUT2D eigenvalue weighted by molar-refractivity contribution is -0.117. The Kier molecular flexibility index (Phi) is 7.57. The molecule has 0 spiro atoms. The van der Waals surface area contributed by atoms with Gasteiger partial charge in [0.05, 0.1) is 0 Å². The molecule has 30 heavy (non-hydrogen) atoms. The van der Waals surface area contributed by atoms with E-state index in [4.69, 9.17) is 11.6 Å². The second kappa shape index (κ2) is 10.6. The quantitative estimate of drug-likeness (QED) is 0.507. The first kappa shape index (κ1) is 21.5. The normalized spacial score (nSPS) is 10.6. The van der Waals surface area contributed by atoms with E-state index in [1.807, 2.05) is 18.2 Å². The van der Waals surface area contributed by atoms with Gasteiger partial charge in [0, 0.05) is 36.2 Å². The summed E-state index contributed by atoms with van der Waals surface area (Å²) in [5, 5.41) is 13.2. The monoisotopic (exact) mass is 422 g/mol. The molecule has 0 fully saturated rings. The Hall–Kier alpha value is -3.18. The van der Waals surface area contributed by atoms with Gasteiger partial charge in [0.2, 0.25) is 0 Å². The molecule has 0 atom stereocenters. The van der Waals surface area contributed by atoms with Crippen LogP contribution in [0.2, 0.25) is 5.02 Å². The number of hydrogen-bond donors (Lipinski definition) is 2. The Labute approximate surface area is 180 Å². The van der Waals surface area contributed by atoms with E-state index in [1.165, 1.54) is 17.8 Å². The number of ketones is 1. The third kappa shape index (κ3) is 6.42. The topological polar surface area (TPSA) is 79.3 Å². The number of hydrogen-bond acceptors (Lipinski definition) is 4. The van der Waals surface area contributed by atoms with Gasteiger partial charge in [-0.15, -0.1) is 0 Å². The number of aromatic hydroxyl groups is 1. The Morgan fingerprint density at radius 3 is 2.57 bits per heavy atom. The molecule has 5 nitrogen and oxygen atoms in total. The van der Waals surface area contributed by atoms with Gasteiger partial charge < -0.3 is 10.4 Å². The highest BCUT2D eigenvalue weighted by atomic mass is 35.5. The van der Waals surface area contributed by atoms with E-state index >= 15 is 0 Å². The number of carbonyl (C=O) groups is 2. The summed E-state index contributed by atoms with van der Waals surface area (Å²) < 4.78 is 0. The summed E-state index contributed by atoms with van der Waals surface area (Å²) in [6.07, 6.45) is 3.45. The number of nitrogens with one attached hydrogen (secondary N) is 1. The molecular weight excluding hydrogens is 400 g/mol. The maximum Gasteiger partial charge on any atom is 0.269 e. The summed E-state index contributed by atoms with van der Waals surface area (Å²) in [6, 6.07) is 18.1. The average Bonchev–Trinajstić information content (AvgIpc) is 2.74. The van der Waals surface area contributed by atoms with E-state index in [1.54, 1.807) is 24.3 Å². The van der Waals surface area contributed by atoms with E-state index in [0.29, 0.717) is 22.7 Å². The van der Waals surface area contributed by atoms with Crippen LogP contribution in [0.15, 0.2) is 66.9 Å². The lowest BCUT2D eigenvalue weighted by Crippen LogP contribution is -2.25. The lowest BCUT2D eigenvalue weighted by Gasteiger charge is -2.07. The minimum Gasteiger partial charge on any atom is -0.508 e. The van der Waals surface area contributed by atoms with Gasteiger partial charge in [0.1, 0.15) is 17.2 Å². The summed E-state index contributed by atoms with van der Waals surface area (Å²) in [5.74, 6) is -0.309. The average molecular weight is 423 g/mol. The third-order valence-electron chi connectivity index (χ3n) is 4.66. The molecule has 3 aromatic rings. The van der Waals surface area contributed by atoms with E-state index in [-0.39, 0.29) is 36.0 Å². The molecule has 154 valence electrons. The fourth-order valence-electron chi connectivity index (χ4n) is 3.14. The van der Waals surface area contributed by atoms with Crippen molar-refractivity contribution in [3.05, 3.63) is 94.3 Å². The van der Waals surface area contributed by atoms with E-state index in [0.717, 1.165) is 12.8 Å². The standard InChI is InChI=1S/C24H23ClN2O3/c25-20-8-9-23(29)19(15-20)16-21(28)13-18-10-12-26-22(14-18)24(30)27-11-4-7-17-5-2-1-3-6-17/h1-3,5-6,8-10,12,14-15,29H,4,7,11,13,16H2,(H,27,30). The van der Waals surface area contributed by atoms with E-state index in [2.05, 4.69) is 22.4 Å². The van der Waals surface area contributed by atoms with Crippen molar-refractivity contribution < 1.29 is 14.7 Å². The molecule has 1 amide bonds. The van der Waals surface area contributed by atoms with Crippen molar-refractivity contribution in [3.63, 3.8) is 0 Å². The fraction of sp³-hybridized carbons (Fsp3) is 0.208. The van der Waals surface area contributed by atoms with Gasteiger partial charge in [0.25, 0.3) is 5.91 Å². The number of pyridine rings is 1. The predicted octanol–water partition coefficient (Wildman–Crippen LogP) is 4.16. The second-order valence-corrected chi connectivity index (χ2v) is 7.50. The Morgan fingerprint density at radius 1 is 0.967 bits per heavy atom. The molecule has 0 saturated carbocycles. The van der Waals surface area contributed by atoms with Crippen LogP contribution in [0.5, 0.6) is 5.75 Å². The van der Waals surface area contributed by atoms with Crippen molar-refractivity contribution in [1.29, 1.82) is 0 Å². The van der Waals surface area contributed by atoms with Crippen LogP contribution in [0.1, 0.15) is 33.6 Å². The SMILES string of the molecule is O=C(Cc1ccnc(C(=O)NCCCc2ccccc2)c1)Cc1cc(Cl)ccc1O. The number of halogens is 1. The van der Waals surface area contributed by atoms with E-state index in [9.17, 15) is 14.7 Å². The van der Waals surface area contributed by atoms with Gasteiger partial charge in [-0.3, -0.25) is 14.6 Å². The summed E-state index contributed by atoms with van der Waals surface area (Å²) in [5.41, 5.74) is 2.70. The summed E-state index contributed by atoms with van der Waals surface area (Å²) >= 11 is 5.93. The molecule has 0 saturated heterocycles. The molecule has 0 aliphatic rings. The summed E-state index contributed by atoms with van der Waals surface area (Å²) in [7, 11) is 0. The van der Waals surface area contributed by atoms with E-state index < -0.39 is 0 Å². The number of Topliss-reactive ketones (excluding diaryl/α,β-unsaturated/α-hetero) is 1. The van der Waals surface area contributed by atoms with Crippen molar-refractivity contribution in [3.8, 4) is 5.75 Å². The first-order valence-electron chi connectivity index (χ1n) is 9.77. The molecule has 0 radical (unpaired) electrons. The number of benzene rings is 2. The highest BCUT2D eigenvalue weighted by Crippen LogP contribution is 2.22. The Balaban J connectivity index is 1.51. The molecule has 1 heterocycles.